The van der Waals surface area contributed by atoms with Gasteiger partial charge in [0.05, 0.1) is 12.7 Å². The molecule has 0 bridgehead atoms. The van der Waals surface area contributed by atoms with Crippen molar-refractivity contribution >= 4 is 17.5 Å². The van der Waals surface area contributed by atoms with Crippen LogP contribution in [-0.2, 0) is 0 Å². The summed E-state index contributed by atoms with van der Waals surface area (Å²) in [5.74, 6) is 0.359. The number of nitrogens with one attached hydrogen (secondary N) is 1. The smallest absolute Gasteiger partial charge is 0.269 e. The quantitative estimate of drug-likeness (QED) is 0.898. The predicted octanol–water partition coefficient (Wildman–Crippen LogP) is 2.09. The number of methoxy groups -OCH3 is 1. The summed E-state index contributed by atoms with van der Waals surface area (Å²) in [4.78, 5) is 12.0. The lowest BCUT2D eigenvalue weighted by molar-refractivity contribution is 0.0822. The van der Waals surface area contributed by atoms with Crippen molar-refractivity contribution in [1.29, 1.82) is 0 Å². The monoisotopic (exact) mass is 254 g/mol. The van der Waals surface area contributed by atoms with Crippen molar-refractivity contribution in [2.45, 2.75) is 12.8 Å². The molecule has 0 aromatic heterocycles. The van der Waals surface area contributed by atoms with Crippen molar-refractivity contribution in [3.63, 3.8) is 0 Å². The normalized spacial score (nSPS) is 15.9. The molecule has 5 heteroatoms. The summed E-state index contributed by atoms with van der Waals surface area (Å²) in [7, 11) is 1.54. The molecule has 0 radical (unpaired) electrons. The third-order valence-corrected chi connectivity index (χ3v) is 3.01. The van der Waals surface area contributed by atoms with Gasteiger partial charge in [0.25, 0.3) is 5.91 Å². The van der Waals surface area contributed by atoms with Crippen LogP contribution in [0.3, 0.4) is 0 Å². The van der Waals surface area contributed by atoms with E-state index in [1.165, 1.54) is 7.11 Å². The van der Waals surface area contributed by atoms with E-state index in [2.05, 4.69) is 5.43 Å². The fourth-order valence-corrected chi connectivity index (χ4v) is 2.06. The second kappa shape index (κ2) is 5.38. The van der Waals surface area contributed by atoms with Crippen LogP contribution in [0, 0.1) is 0 Å². The summed E-state index contributed by atoms with van der Waals surface area (Å²) < 4.78 is 5.15. The van der Waals surface area contributed by atoms with Crippen LogP contribution in [0.1, 0.15) is 23.2 Å². The number of carbonyl (C=O) groups excluding carboxylic acids is 1. The largest absolute Gasteiger partial charge is 0.496 e. The van der Waals surface area contributed by atoms with Gasteiger partial charge < -0.3 is 4.74 Å². The molecule has 1 aromatic carbocycles. The van der Waals surface area contributed by atoms with Gasteiger partial charge in [-0.05, 0) is 31.0 Å². The molecule has 1 aromatic rings. The van der Waals surface area contributed by atoms with Crippen LogP contribution in [0.15, 0.2) is 18.2 Å². The molecule has 17 heavy (non-hydrogen) atoms. The second-order valence-electron chi connectivity index (χ2n) is 3.98. The number of ether oxygens (including phenoxy) is 1. The maximum absolute atomic E-state index is 12.0. The molecular formula is C12H15ClN2O2. The molecule has 1 aliphatic rings. The maximum atomic E-state index is 12.0. The van der Waals surface area contributed by atoms with E-state index in [1.54, 1.807) is 18.2 Å². The summed E-state index contributed by atoms with van der Waals surface area (Å²) in [5.41, 5.74) is 3.32. The number of rotatable bonds is 3. The number of carbonyl (C=O) groups is 1. The number of nitrogens with zero attached hydrogens (tertiary/aromatic N) is 1. The Hall–Kier alpha value is -1.26. The van der Waals surface area contributed by atoms with Gasteiger partial charge in [0.1, 0.15) is 5.75 Å². The first-order valence-corrected chi connectivity index (χ1v) is 5.98. The van der Waals surface area contributed by atoms with Crippen LogP contribution < -0.4 is 10.2 Å². The first-order chi connectivity index (χ1) is 8.20. The standard InChI is InChI=1S/C12H15ClN2O2/c1-17-11-5-4-9(13)8-10(11)12(16)14-15-6-2-3-7-15/h4-5,8H,2-3,6-7H2,1H3,(H,14,16). The molecule has 0 spiro atoms. The minimum atomic E-state index is -0.175. The molecule has 0 aliphatic carbocycles. The lowest BCUT2D eigenvalue weighted by atomic mass is 10.2. The average Bonchev–Trinajstić information content (AvgIpc) is 2.81. The minimum Gasteiger partial charge on any atom is -0.496 e. The Bertz CT molecular complexity index is 417. The molecular weight excluding hydrogens is 240 g/mol. The maximum Gasteiger partial charge on any atom is 0.269 e. The molecule has 0 atom stereocenters. The summed E-state index contributed by atoms with van der Waals surface area (Å²) in [5, 5.41) is 2.44. The third kappa shape index (κ3) is 2.90. The molecule has 0 saturated carbocycles. The molecule has 4 nitrogen and oxygen atoms in total. The highest BCUT2D eigenvalue weighted by atomic mass is 35.5. The molecule has 1 N–H and O–H groups in total. The fourth-order valence-electron chi connectivity index (χ4n) is 1.89. The number of hydrogen-bond donors (Lipinski definition) is 1. The molecule has 1 aliphatic heterocycles. The van der Waals surface area contributed by atoms with Gasteiger partial charge >= 0.3 is 0 Å². The first-order valence-electron chi connectivity index (χ1n) is 5.60. The minimum absolute atomic E-state index is 0.175. The molecule has 0 unspecified atom stereocenters. The molecule has 2 rings (SSSR count). The van der Waals surface area contributed by atoms with E-state index in [0.717, 1.165) is 25.9 Å². The van der Waals surface area contributed by atoms with Gasteiger partial charge in [0.2, 0.25) is 0 Å². The van der Waals surface area contributed by atoms with Crippen LogP contribution in [0.5, 0.6) is 5.75 Å². The number of hydrazine groups is 1. The van der Waals surface area contributed by atoms with Gasteiger partial charge in [-0.25, -0.2) is 5.01 Å². The summed E-state index contributed by atoms with van der Waals surface area (Å²) in [6.07, 6.45) is 2.24. The van der Waals surface area contributed by atoms with E-state index in [4.69, 9.17) is 16.3 Å². The predicted molar refractivity (Wildman–Crippen MR) is 66.3 cm³/mol. The van der Waals surface area contributed by atoms with E-state index in [9.17, 15) is 4.79 Å². The Kier molecular flexibility index (Phi) is 3.86. The Morgan fingerprint density at radius 1 is 1.41 bits per heavy atom. The fraction of sp³-hybridized carbons (Fsp3) is 0.417. The van der Waals surface area contributed by atoms with Gasteiger partial charge in [-0.1, -0.05) is 11.6 Å². The zero-order valence-electron chi connectivity index (χ0n) is 9.70. The van der Waals surface area contributed by atoms with Crippen molar-refractivity contribution in [1.82, 2.24) is 10.4 Å². The second-order valence-corrected chi connectivity index (χ2v) is 4.42. The van der Waals surface area contributed by atoms with Crippen molar-refractivity contribution in [2.24, 2.45) is 0 Å². The summed E-state index contributed by atoms with van der Waals surface area (Å²) >= 11 is 5.89. The number of amides is 1. The Morgan fingerprint density at radius 3 is 2.76 bits per heavy atom. The van der Waals surface area contributed by atoms with Gasteiger partial charge in [-0.2, -0.15) is 0 Å². The molecule has 92 valence electrons. The van der Waals surface area contributed by atoms with E-state index in [1.807, 2.05) is 5.01 Å². The average molecular weight is 255 g/mol. The number of hydrogen-bond acceptors (Lipinski definition) is 3. The highest BCUT2D eigenvalue weighted by Crippen LogP contribution is 2.22. The van der Waals surface area contributed by atoms with Crippen molar-refractivity contribution in [3.8, 4) is 5.75 Å². The van der Waals surface area contributed by atoms with Gasteiger partial charge in [0.15, 0.2) is 0 Å². The first kappa shape index (κ1) is 12.2. The lowest BCUT2D eigenvalue weighted by Crippen LogP contribution is -2.40. The van der Waals surface area contributed by atoms with Crippen LogP contribution in [-0.4, -0.2) is 31.1 Å². The van der Waals surface area contributed by atoms with E-state index in [0.29, 0.717) is 16.3 Å². The Morgan fingerprint density at radius 2 is 2.12 bits per heavy atom. The summed E-state index contributed by atoms with van der Waals surface area (Å²) in [6.45, 7) is 1.79. The number of benzene rings is 1. The Balaban J connectivity index is 2.14. The zero-order valence-corrected chi connectivity index (χ0v) is 10.5. The topological polar surface area (TPSA) is 41.6 Å². The van der Waals surface area contributed by atoms with Gasteiger partial charge in [-0.15, -0.1) is 0 Å². The lowest BCUT2D eigenvalue weighted by Gasteiger charge is -2.17. The van der Waals surface area contributed by atoms with E-state index >= 15 is 0 Å². The highest BCUT2D eigenvalue weighted by molar-refractivity contribution is 6.31. The van der Waals surface area contributed by atoms with Crippen LogP contribution >= 0.6 is 11.6 Å². The van der Waals surface area contributed by atoms with E-state index in [-0.39, 0.29) is 5.91 Å². The van der Waals surface area contributed by atoms with Crippen molar-refractivity contribution in [2.75, 3.05) is 20.2 Å². The molecule has 1 heterocycles. The zero-order chi connectivity index (χ0) is 12.3. The van der Waals surface area contributed by atoms with Crippen LogP contribution in [0.2, 0.25) is 5.02 Å². The highest BCUT2D eigenvalue weighted by Gasteiger charge is 2.18. The van der Waals surface area contributed by atoms with Crippen LogP contribution in [0.25, 0.3) is 0 Å². The van der Waals surface area contributed by atoms with Crippen molar-refractivity contribution in [3.05, 3.63) is 28.8 Å². The molecule has 1 amide bonds. The molecule has 1 saturated heterocycles. The van der Waals surface area contributed by atoms with Crippen molar-refractivity contribution < 1.29 is 9.53 Å². The van der Waals surface area contributed by atoms with E-state index < -0.39 is 0 Å². The van der Waals surface area contributed by atoms with Crippen LogP contribution in [0.4, 0.5) is 0 Å². The molecule has 1 fully saturated rings. The number of halogens is 1. The third-order valence-electron chi connectivity index (χ3n) is 2.77. The summed E-state index contributed by atoms with van der Waals surface area (Å²) in [6, 6.07) is 5.01. The SMILES string of the molecule is COc1ccc(Cl)cc1C(=O)NN1CCCC1. The van der Waals surface area contributed by atoms with Gasteiger partial charge in [-0.3, -0.25) is 10.2 Å². The van der Waals surface area contributed by atoms with Gasteiger partial charge in [0, 0.05) is 18.1 Å². The Labute approximate surface area is 105 Å².